The lowest BCUT2D eigenvalue weighted by molar-refractivity contribution is -0.131. The average Bonchev–Trinajstić information content (AvgIpc) is 2.83. The van der Waals surface area contributed by atoms with Crippen LogP contribution in [0.4, 0.5) is 5.69 Å². The molecule has 0 spiro atoms. The number of nitrogens with one attached hydrogen (secondary N) is 2. The second kappa shape index (κ2) is 9.20. The van der Waals surface area contributed by atoms with E-state index in [0.29, 0.717) is 17.0 Å². The first-order valence-electron chi connectivity index (χ1n) is 10.5. The number of nitrogens with zero attached hydrogens (tertiary/aromatic N) is 2. The lowest BCUT2D eigenvalue weighted by atomic mass is 10.2. The second-order valence-electron chi connectivity index (χ2n) is 7.74. The van der Waals surface area contributed by atoms with Crippen molar-refractivity contribution >= 4 is 33.4 Å². The van der Waals surface area contributed by atoms with Crippen LogP contribution in [0.25, 0.3) is 0 Å². The Hall–Kier alpha value is -3.44. The Labute approximate surface area is 191 Å². The van der Waals surface area contributed by atoms with Crippen LogP contribution in [-0.2, 0) is 19.6 Å². The molecule has 2 aliphatic rings. The molecule has 0 saturated carbocycles. The van der Waals surface area contributed by atoms with E-state index in [0.717, 1.165) is 0 Å². The van der Waals surface area contributed by atoms with Crippen molar-refractivity contribution in [2.24, 2.45) is 0 Å². The largest absolute Gasteiger partial charge is 0.479 e. The van der Waals surface area contributed by atoms with Gasteiger partial charge in [-0.3, -0.25) is 14.4 Å². The van der Waals surface area contributed by atoms with Gasteiger partial charge in [0.1, 0.15) is 5.75 Å². The lowest BCUT2D eigenvalue weighted by Gasteiger charge is -2.34. The topological polar surface area (TPSA) is 125 Å². The van der Waals surface area contributed by atoms with Gasteiger partial charge in [0.2, 0.25) is 15.9 Å². The molecule has 3 amide bonds. The summed E-state index contributed by atoms with van der Waals surface area (Å²) >= 11 is 0. The third-order valence-electron chi connectivity index (χ3n) is 5.55. The molecule has 2 N–H and O–H groups in total. The Morgan fingerprint density at radius 1 is 1.09 bits per heavy atom. The summed E-state index contributed by atoms with van der Waals surface area (Å²) in [5.41, 5.74) is 0.768. The number of benzene rings is 2. The van der Waals surface area contributed by atoms with Crippen LogP contribution in [0.15, 0.2) is 53.4 Å². The molecule has 10 nitrogen and oxygen atoms in total. The predicted molar refractivity (Wildman–Crippen MR) is 119 cm³/mol. The molecule has 0 aromatic heterocycles. The van der Waals surface area contributed by atoms with Crippen molar-refractivity contribution in [2.75, 3.05) is 38.0 Å². The maximum absolute atomic E-state index is 13.1. The third kappa shape index (κ3) is 4.83. The highest BCUT2D eigenvalue weighted by Gasteiger charge is 2.32. The number of sulfonamides is 1. The minimum absolute atomic E-state index is 0.0367. The molecule has 2 aromatic carbocycles. The Morgan fingerprint density at radius 2 is 1.79 bits per heavy atom. The Bertz CT molecular complexity index is 1180. The normalized spacial score (nSPS) is 18.6. The summed E-state index contributed by atoms with van der Waals surface area (Å²) in [7, 11) is -3.82. The van der Waals surface area contributed by atoms with Gasteiger partial charge in [0.25, 0.3) is 11.8 Å². The fraction of sp³-hybridized carbons (Fsp3) is 0.318. The minimum atomic E-state index is -3.82. The van der Waals surface area contributed by atoms with Gasteiger partial charge < -0.3 is 20.3 Å². The number of piperazine rings is 1. The highest BCUT2D eigenvalue weighted by molar-refractivity contribution is 7.89. The van der Waals surface area contributed by atoms with Crippen molar-refractivity contribution in [2.45, 2.75) is 17.9 Å². The molecule has 1 saturated heterocycles. The zero-order chi connectivity index (χ0) is 23.6. The average molecular weight is 473 g/mol. The van der Waals surface area contributed by atoms with Crippen molar-refractivity contribution < 1.29 is 27.5 Å². The summed E-state index contributed by atoms with van der Waals surface area (Å²) in [5.74, 6) is -0.556. The molecular weight excluding hydrogens is 448 g/mol. The standard InChI is InChI=1S/C22H24N4O6S/c1-15-21(28)24-18-13-17(7-8-19(18)32-15)33(30,31)26-11-9-25(10-12-26)20(27)14-23-22(29)16-5-3-2-4-6-16/h2-8,13,15H,9-12,14H2,1H3,(H,23,29)(H,24,28)/t15-/m1/s1. The number of rotatable bonds is 5. The van der Waals surface area contributed by atoms with E-state index in [1.54, 1.807) is 37.3 Å². The molecule has 0 bridgehead atoms. The summed E-state index contributed by atoms with van der Waals surface area (Å²) in [5, 5.41) is 5.24. The van der Waals surface area contributed by atoms with Gasteiger partial charge >= 0.3 is 0 Å². The van der Waals surface area contributed by atoms with Gasteiger partial charge in [-0.25, -0.2) is 8.42 Å². The molecule has 33 heavy (non-hydrogen) atoms. The van der Waals surface area contributed by atoms with Crippen LogP contribution in [0.3, 0.4) is 0 Å². The Balaban J connectivity index is 1.34. The SMILES string of the molecule is C[C@H]1Oc2ccc(S(=O)(=O)N3CCN(C(=O)CNC(=O)c4ccccc4)CC3)cc2NC1=O. The molecule has 2 aromatic rings. The Morgan fingerprint density at radius 3 is 2.48 bits per heavy atom. The van der Waals surface area contributed by atoms with Crippen molar-refractivity contribution in [3.8, 4) is 5.75 Å². The highest BCUT2D eigenvalue weighted by atomic mass is 32.2. The summed E-state index contributed by atoms with van der Waals surface area (Å²) in [6.07, 6.45) is -0.650. The number of amides is 3. The summed E-state index contributed by atoms with van der Waals surface area (Å²) in [6.45, 7) is 2.11. The lowest BCUT2D eigenvalue weighted by Crippen LogP contribution is -2.52. The molecule has 174 valence electrons. The fourth-order valence-electron chi connectivity index (χ4n) is 3.63. The summed E-state index contributed by atoms with van der Waals surface area (Å²) in [4.78, 5) is 38.0. The first kappa shape index (κ1) is 22.7. The van der Waals surface area contributed by atoms with Crippen LogP contribution in [-0.4, -0.2) is 74.2 Å². The number of hydrogen-bond donors (Lipinski definition) is 2. The van der Waals surface area contributed by atoms with Crippen LogP contribution in [0.5, 0.6) is 5.75 Å². The predicted octanol–water partition coefficient (Wildman–Crippen LogP) is 0.669. The Kier molecular flexibility index (Phi) is 6.34. The minimum Gasteiger partial charge on any atom is -0.479 e. The van der Waals surface area contributed by atoms with Crippen molar-refractivity contribution in [3.05, 3.63) is 54.1 Å². The van der Waals surface area contributed by atoms with Gasteiger partial charge in [-0.1, -0.05) is 18.2 Å². The van der Waals surface area contributed by atoms with Gasteiger partial charge in [0, 0.05) is 31.7 Å². The van der Waals surface area contributed by atoms with Crippen molar-refractivity contribution in [1.29, 1.82) is 0 Å². The number of carbonyl (C=O) groups excluding carboxylic acids is 3. The van der Waals surface area contributed by atoms with E-state index >= 15 is 0 Å². The number of ether oxygens (including phenoxy) is 1. The van der Waals surface area contributed by atoms with Crippen molar-refractivity contribution in [1.82, 2.24) is 14.5 Å². The van der Waals surface area contributed by atoms with Gasteiger partial charge in [-0.15, -0.1) is 0 Å². The van der Waals surface area contributed by atoms with E-state index in [4.69, 9.17) is 4.74 Å². The van der Waals surface area contributed by atoms with E-state index in [2.05, 4.69) is 10.6 Å². The number of anilines is 1. The number of carbonyl (C=O) groups is 3. The maximum atomic E-state index is 13.1. The van der Waals surface area contributed by atoms with E-state index < -0.39 is 16.1 Å². The van der Waals surface area contributed by atoms with E-state index in [1.165, 1.54) is 27.4 Å². The molecule has 0 aliphatic carbocycles. The molecule has 2 aliphatic heterocycles. The molecule has 2 heterocycles. The van der Waals surface area contributed by atoms with Gasteiger partial charge in [-0.05, 0) is 37.3 Å². The molecule has 0 radical (unpaired) electrons. The molecule has 0 unspecified atom stereocenters. The van der Waals surface area contributed by atoms with Gasteiger partial charge in [0.15, 0.2) is 6.10 Å². The molecule has 4 rings (SSSR count). The van der Waals surface area contributed by atoms with Crippen LogP contribution in [0.2, 0.25) is 0 Å². The first-order chi connectivity index (χ1) is 15.8. The monoisotopic (exact) mass is 472 g/mol. The van der Waals surface area contributed by atoms with Crippen LogP contribution in [0.1, 0.15) is 17.3 Å². The smallest absolute Gasteiger partial charge is 0.265 e. The summed E-state index contributed by atoms with van der Waals surface area (Å²) < 4.78 is 32.9. The summed E-state index contributed by atoms with van der Waals surface area (Å²) in [6, 6.07) is 12.9. The first-order valence-corrected chi connectivity index (χ1v) is 11.9. The molecule has 11 heteroatoms. The number of hydrogen-bond acceptors (Lipinski definition) is 6. The van der Waals surface area contributed by atoms with Crippen molar-refractivity contribution in [3.63, 3.8) is 0 Å². The van der Waals surface area contributed by atoms with Crippen LogP contribution >= 0.6 is 0 Å². The molecule has 1 fully saturated rings. The van der Waals surface area contributed by atoms with E-state index in [1.807, 2.05) is 0 Å². The second-order valence-corrected chi connectivity index (χ2v) is 9.68. The maximum Gasteiger partial charge on any atom is 0.265 e. The zero-order valence-electron chi connectivity index (χ0n) is 18.0. The third-order valence-corrected chi connectivity index (χ3v) is 7.44. The van der Waals surface area contributed by atoms with E-state index in [-0.39, 0.29) is 55.3 Å². The van der Waals surface area contributed by atoms with Crippen LogP contribution < -0.4 is 15.4 Å². The van der Waals surface area contributed by atoms with Gasteiger partial charge in [-0.2, -0.15) is 4.31 Å². The number of fused-ring (bicyclic) bond motifs is 1. The molecular formula is C22H24N4O6S. The quantitative estimate of drug-likeness (QED) is 0.659. The highest BCUT2D eigenvalue weighted by Crippen LogP contribution is 2.32. The van der Waals surface area contributed by atoms with Crippen LogP contribution in [0, 0.1) is 0 Å². The van der Waals surface area contributed by atoms with Gasteiger partial charge in [0.05, 0.1) is 17.1 Å². The fourth-order valence-corrected chi connectivity index (χ4v) is 5.08. The van der Waals surface area contributed by atoms with E-state index in [9.17, 15) is 22.8 Å². The molecule has 1 atom stereocenters. The zero-order valence-corrected chi connectivity index (χ0v) is 18.8.